The van der Waals surface area contributed by atoms with Crippen LogP contribution in [0.4, 0.5) is 0 Å². The number of sulfonamides is 1. The van der Waals surface area contributed by atoms with Gasteiger partial charge in [-0.1, -0.05) is 46.0 Å². The number of hydrogen-bond acceptors (Lipinski definition) is 3. The number of nitrogens with zero attached hydrogens (tertiary/aromatic N) is 1. The highest BCUT2D eigenvalue weighted by Crippen LogP contribution is 2.09. The van der Waals surface area contributed by atoms with Crippen molar-refractivity contribution in [3.63, 3.8) is 0 Å². The number of carboxylic acid groups (broad SMARTS) is 1. The molecule has 0 fully saturated rings. The average Bonchev–Trinajstić information content (AvgIpc) is 2.32. The Labute approximate surface area is 117 Å². The van der Waals surface area contributed by atoms with Gasteiger partial charge in [-0.05, 0) is 12.8 Å². The minimum Gasteiger partial charge on any atom is -0.480 e. The molecule has 0 amide bonds. The second kappa shape index (κ2) is 10.2. The maximum absolute atomic E-state index is 12.0. The van der Waals surface area contributed by atoms with Gasteiger partial charge in [-0.3, -0.25) is 4.79 Å². The van der Waals surface area contributed by atoms with Crippen molar-refractivity contribution in [2.24, 2.45) is 0 Å². The van der Waals surface area contributed by atoms with Gasteiger partial charge in [-0.15, -0.1) is 0 Å². The molecule has 0 aliphatic rings. The summed E-state index contributed by atoms with van der Waals surface area (Å²) < 4.78 is 25.1. The molecule has 0 aliphatic carbocycles. The van der Waals surface area contributed by atoms with Gasteiger partial charge in [-0.25, -0.2) is 8.42 Å². The van der Waals surface area contributed by atoms with Gasteiger partial charge in [0.2, 0.25) is 10.0 Å². The Balaban J connectivity index is 4.13. The third-order valence-electron chi connectivity index (χ3n) is 2.93. The number of unbranched alkanes of at least 4 members (excludes halogenated alkanes) is 5. The van der Waals surface area contributed by atoms with Crippen molar-refractivity contribution in [3.05, 3.63) is 0 Å². The average molecular weight is 293 g/mol. The van der Waals surface area contributed by atoms with E-state index in [9.17, 15) is 13.2 Å². The molecular weight excluding hydrogens is 266 g/mol. The first-order valence-electron chi connectivity index (χ1n) is 7.13. The SMILES string of the molecule is CCCCCCCCS(=O)(=O)N(CCC)CC(=O)O. The summed E-state index contributed by atoms with van der Waals surface area (Å²) in [6.07, 6.45) is 6.69. The number of carbonyl (C=O) groups is 1. The Hall–Kier alpha value is -0.620. The maximum Gasteiger partial charge on any atom is 0.318 e. The molecule has 0 aromatic carbocycles. The molecule has 0 unspecified atom stereocenters. The van der Waals surface area contributed by atoms with E-state index < -0.39 is 22.5 Å². The molecule has 0 spiro atoms. The molecule has 0 aliphatic heterocycles. The van der Waals surface area contributed by atoms with E-state index in [0.717, 1.165) is 23.6 Å². The lowest BCUT2D eigenvalue weighted by atomic mass is 10.1. The topological polar surface area (TPSA) is 74.7 Å². The summed E-state index contributed by atoms with van der Waals surface area (Å²) in [5.74, 6) is -1.04. The van der Waals surface area contributed by atoms with Gasteiger partial charge in [0.15, 0.2) is 0 Å². The van der Waals surface area contributed by atoms with Crippen molar-refractivity contribution in [2.75, 3.05) is 18.8 Å². The van der Waals surface area contributed by atoms with Crippen molar-refractivity contribution in [2.45, 2.75) is 58.8 Å². The molecular formula is C13H27NO4S. The zero-order valence-electron chi connectivity index (χ0n) is 12.1. The molecule has 5 nitrogen and oxygen atoms in total. The summed E-state index contributed by atoms with van der Waals surface area (Å²) in [5.41, 5.74) is 0. The first-order chi connectivity index (χ1) is 8.94. The van der Waals surface area contributed by atoms with E-state index in [-0.39, 0.29) is 12.3 Å². The molecule has 6 heteroatoms. The van der Waals surface area contributed by atoms with E-state index in [1.165, 1.54) is 12.8 Å². The quantitative estimate of drug-likeness (QED) is 0.561. The molecule has 19 heavy (non-hydrogen) atoms. The number of rotatable bonds is 12. The lowest BCUT2D eigenvalue weighted by Gasteiger charge is -2.19. The molecule has 1 N–H and O–H groups in total. The summed E-state index contributed by atoms with van der Waals surface area (Å²) in [6.45, 7) is 3.84. The Morgan fingerprint density at radius 3 is 2.11 bits per heavy atom. The summed E-state index contributed by atoms with van der Waals surface area (Å²) in [5, 5.41) is 8.74. The van der Waals surface area contributed by atoms with Crippen LogP contribution in [0.3, 0.4) is 0 Å². The minimum atomic E-state index is -3.42. The van der Waals surface area contributed by atoms with Crippen LogP contribution in [0.25, 0.3) is 0 Å². The molecule has 0 saturated carbocycles. The molecule has 0 aromatic heterocycles. The third kappa shape index (κ3) is 8.99. The molecule has 0 heterocycles. The van der Waals surface area contributed by atoms with Crippen molar-refractivity contribution in [3.8, 4) is 0 Å². The first-order valence-corrected chi connectivity index (χ1v) is 8.74. The Morgan fingerprint density at radius 2 is 1.58 bits per heavy atom. The van der Waals surface area contributed by atoms with Crippen LogP contribution >= 0.6 is 0 Å². The predicted octanol–water partition coefficient (Wildman–Crippen LogP) is 2.47. The van der Waals surface area contributed by atoms with Gasteiger partial charge in [0.25, 0.3) is 0 Å². The molecule has 0 radical (unpaired) electrons. The lowest BCUT2D eigenvalue weighted by molar-refractivity contribution is -0.137. The van der Waals surface area contributed by atoms with Crippen LogP contribution in [0.5, 0.6) is 0 Å². The van der Waals surface area contributed by atoms with Crippen molar-refractivity contribution in [1.82, 2.24) is 4.31 Å². The molecule has 114 valence electrons. The zero-order valence-corrected chi connectivity index (χ0v) is 12.9. The van der Waals surface area contributed by atoms with Crippen molar-refractivity contribution in [1.29, 1.82) is 0 Å². The molecule has 0 rings (SSSR count). The van der Waals surface area contributed by atoms with Gasteiger partial charge in [0.05, 0.1) is 5.75 Å². The van der Waals surface area contributed by atoms with Crippen LogP contribution in [-0.4, -0.2) is 42.6 Å². The van der Waals surface area contributed by atoms with Crippen LogP contribution in [0.1, 0.15) is 58.8 Å². The Kier molecular flexibility index (Phi) is 9.87. The fourth-order valence-corrected chi connectivity index (χ4v) is 3.51. The monoisotopic (exact) mass is 293 g/mol. The van der Waals surface area contributed by atoms with Crippen molar-refractivity contribution < 1.29 is 18.3 Å². The smallest absolute Gasteiger partial charge is 0.318 e. The summed E-state index contributed by atoms with van der Waals surface area (Å²) in [7, 11) is -3.42. The number of aliphatic carboxylic acids is 1. The summed E-state index contributed by atoms with van der Waals surface area (Å²) >= 11 is 0. The third-order valence-corrected chi connectivity index (χ3v) is 4.84. The fourth-order valence-electron chi connectivity index (χ4n) is 1.91. The molecule has 0 bridgehead atoms. The van der Waals surface area contributed by atoms with Gasteiger partial charge >= 0.3 is 5.97 Å². The van der Waals surface area contributed by atoms with Crippen LogP contribution in [0, 0.1) is 0 Å². The van der Waals surface area contributed by atoms with Crippen molar-refractivity contribution >= 4 is 16.0 Å². The van der Waals surface area contributed by atoms with Gasteiger partial charge in [-0.2, -0.15) is 4.31 Å². The first kappa shape index (κ1) is 18.4. The predicted molar refractivity (Wildman–Crippen MR) is 76.7 cm³/mol. The summed E-state index contributed by atoms with van der Waals surface area (Å²) in [4.78, 5) is 10.7. The fraction of sp³-hybridized carbons (Fsp3) is 0.923. The van der Waals surface area contributed by atoms with Gasteiger partial charge < -0.3 is 5.11 Å². The van der Waals surface area contributed by atoms with Crippen LogP contribution < -0.4 is 0 Å². The minimum absolute atomic E-state index is 0.0619. The van der Waals surface area contributed by atoms with E-state index >= 15 is 0 Å². The van der Waals surface area contributed by atoms with Gasteiger partial charge in [0, 0.05) is 6.54 Å². The normalized spacial score (nSPS) is 11.9. The lowest BCUT2D eigenvalue weighted by Crippen LogP contribution is -2.37. The highest BCUT2D eigenvalue weighted by Gasteiger charge is 2.22. The molecule has 0 aromatic rings. The summed E-state index contributed by atoms with van der Waals surface area (Å²) in [6, 6.07) is 0. The standard InChI is InChI=1S/C13H27NO4S/c1-3-5-6-7-8-9-11-19(17,18)14(10-4-2)12-13(15)16/h3-12H2,1-2H3,(H,15,16). The van der Waals surface area contributed by atoms with Crippen LogP contribution in [-0.2, 0) is 14.8 Å². The Bertz CT molecular complexity index is 341. The number of hydrogen-bond donors (Lipinski definition) is 1. The van der Waals surface area contributed by atoms with Crippen LogP contribution in [0.15, 0.2) is 0 Å². The second-order valence-corrected chi connectivity index (χ2v) is 6.90. The van der Waals surface area contributed by atoms with Gasteiger partial charge in [0.1, 0.15) is 6.54 Å². The zero-order chi connectivity index (χ0) is 14.7. The van der Waals surface area contributed by atoms with E-state index in [2.05, 4.69) is 6.92 Å². The van der Waals surface area contributed by atoms with E-state index in [4.69, 9.17) is 5.11 Å². The Morgan fingerprint density at radius 1 is 1.00 bits per heavy atom. The highest BCUT2D eigenvalue weighted by atomic mass is 32.2. The molecule has 0 saturated heterocycles. The van der Waals surface area contributed by atoms with E-state index in [1.807, 2.05) is 6.92 Å². The second-order valence-electron chi connectivity index (χ2n) is 4.81. The molecule has 0 atom stereocenters. The largest absolute Gasteiger partial charge is 0.480 e. The number of carboxylic acids is 1. The van der Waals surface area contributed by atoms with Crippen LogP contribution in [0.2, 0.25) is 0 Å². The van der Waals surface area contributed by atoms with E-state index in [0.29, 0.717) is 12.8 Å². The highest BCUT2D eigenvalue weighted by molar-refractivity contribution is 7.89. The van der Waals surface area contributed by atoms with E-state index in [1.54, 1.807) is 0 Å². The maximum atomic E-state index is 12.0.